The first kappa shape index (κ1) is 9.33. The lowest BCUT2D eigenvalue weighted by molar-refractivity contribution is 0.359. The third-order valence-corrected chi connectivity index (χ3v) is 3.98. The summed E-state index contributed by atoms with van der Waals surface area (Å²) in [6, 6.07) is 0. The van der Waals surface area contributed by atoms with Gasteiger partial charge in [-0.05, 0) is 25.8 Å². The number of nitrogens with zero attached hydrogens (tertiary/aromatic N) is 3. The smallest absolute Gasteiger partial charge is 0.167 e. The zero-order valence-electron chi connectivity index (χ0n) is 9.37. The van der Waals surface area contributed by atoms with Crippen LogP contribution < -0.4 is 0 Å². The number of halogens is 1. The summed E-state index contributed by atoms with van der Waals surface area (Å²) in [5.41, 5.74) is 1.36. The van der Waals surface area contributed by atoms with Crippen molar-refractivity contribution in [3.63, 3.8) is 0 Å². The zero-order valence-corrected chi connectivity index (χ0v) is 9.37. The van der Waals surface area contributed by atoms with Gasteiger partial charge in [0.15, 0.2) is 5.82 Å². The first-order chi connectivity index (χ1) is 7.09. The van der Waals surface area contributed by atoms with E-state index in [9.17, 15) is 4.39 Å². The number of aromatic nitrogens is 2. The lowest BCUT2D eigenvalue weighted by atomic mass is 10.2. The van der Waals surface area contributed by atoms with E-state index in [-0.39, 0.29) is 5.82 Å². The van der Waals surface area contributed by atoms with Crippen LogP contribution in [-0.4, -0.2) is 34.8 Å². The van der Waals surface area contributed by atoms with Crippen molar-refractivity contribution in [1.82, 2.24) is 14.7 Å². The highest BCUT2D eigenvalue weighted by atomic mass is 19.1. The Labute approximate surface area is 88.9 Å². The third kappa shape index (κ3) is 1.17. The molecule has 2 fully saturated rings. The highest BCUT2D eigenvalue weighted by molar-refractivity contribution is 5.27. The predicted octanol–water partition coefficient (Wildman–Crippen LogP) is 1.14. The SMILES string of the molecule is Cc1c(F)c(C2C3CN(C)CC32)nn1C. The van der Waals surface area contributed by atoms with Gasteiger partial charge in [0, 0.05) is 26.1 Å². The topological polar surface area (TPSA) is 21.1 Å². The van der Waals surface area contributed by atoms with E-state index in [0.717, 1.165) is 13.1 Å². The summed E-state index contributed by atoms with van der Waals surface area (Å²) < 4.78 is 15.5. The lowest BCUT2D eigenvalue weighted by Crippen LogP contribution is -2.18. The molecule has 0 spiro atoms. The summed E-state index contributed by atoms with van der Waals surface area (Å²) in [4.78, 5) is 2.32. The van der Waals surface area contributed by atoms with Crippen LogP contribution in [0, 0.1) is 24.6 Å². The quantitative estimate of drug-likeness (QED) is 0.691. The molecule has 1 aliphatic heterocycles. The maximum atomic E-state index is 13.8. The molecule has 82 valence electrons. The van der Waals surface area contributed by atoms with Crippen molar-refractivity contribution in [2.75, 3.05) is 20.1 Å². The normalized spacial score (nSPS) is 34.5. The monoisotopic (exact) mass is 209 g/mol. The summed E-state index contributed by atoms with van der Waals surface area (Å²) in [5, 5.41) is 4.30. The number of hydrogen-bond acceptors (Lipinski definition) is 2. The van der Waals surface area contributed by atoms with Gasteiger partial charge in [-0.3, -0.25) is 4.68 Å². The fourth-order valence-electron chi connectivity index (χ4n) is 2.96. The van der Waals surface area contributed by atoms with E-state index in [1.165, 1.54) is 0 Å². The van der Waals surface area contributed by atoms with Crippen molar-refractivity contribution in [3.8, 4) is 0 Å². The van der Waals surface area contributed by atoms with Crippen LogP contribution in [0.1, 0.15) is 17.3 Å². The lowest BCUT2D eigenvalue weighted by Gasteiger charge is -2.11. The maximum absolute atomic E-state index is 13.8. The van der Waals surface area contributed by atoms with E-state index in [1.54, 1.807) is 11.6 Å². The van der Waals surface area contributed by atoms with Gasteiger partial charge in [0.2, 0.25) is 0 Å². The number of piperidine rings is 1. The summed E-state index contributed by atoms with van der Waals surface area (Å²) in [5.74, 6) is 1.61. The fraction of sp³-hybridized carbons (Fsp3) is 0.727. The minimum absolute atomic E-state index is 0.0837. The van der Waals surface area contributed by atoms with Crippen molar-refractivity contribution in [1.29, 1.82) is 0 Å². The van der Waals surface area contributed by atoms with Crippen LogP contribution in [0.15, 0.2) is 0 Å². The fourth-order valence-corrected chi connectivity index (χ4v) is 2.96. The van der Waals surface area contributed by atoms with Gasteiger partial charge in [-0.25, -0.2) is 4.39 Å². The third-order valence-electron chi connectivity index (χ3n) is 3.98. The van der Waals surface area contributed by atoms with Gasteiger partial charge in [0.1, 0.15) is 5.69 Å². The maximum Gasteiger partial charge on any atom is 0.167 e. The highest BCUT2D eigenvalue weighted by Gasteiger charge is 2.57. The Morgan fingerprint density at radius 2 is 1.87 bits per heavy atom. The molecule has 0 amide bonds. The van der Waals surface area contributed by atoms with Crippen LogP contribution >= 0.6 is 0 Å². The number of aryl methyl sites for hydroxylation is 1. The Balaban J connectivity index is 1.88. The first-order valence-corrected chi connectivity index (χ1v) is 5.47. The average Bonchev–Trinajstić information content (AvgIpc) is 2.56. The van der Waals surface area contributed by atoms with Crippen molar-refractivity contribution in [3.05, 3.63) is 17.2 Å². The minimum atomic E-state index is -0.0837. The molecular weight excluding hydrogens is 193 g/mol. The second-order valence-corrected chi connectivity index (χ2v) is 4.98. The first-order valence-electron chi connectivity index (χ1n) is 5.47. The summed E-state index contributed by atoms with van der Waals surface area (Å²) >= 11 is 0. The van der Waals surface area contributed by atoms with Crippen LogP contribution in [0.25, 0.3) is 0 Å². The zero-order chi connectivity index (χ0) is 10.7. The van der Waals surface area contributed by atoms with Gasteiger partial charge in [0.25, 0.3) is 0 Å². The van der Waals surface area contributed by atoms with Gasteiger partial charge in [-0.1, -0.05) is 0 Å². The molecule has 2 unspecified atom stereocenters. The molecule has 1 saturated heterocycles. The van der Waals surface area contributed by atoms with Crippen LogP contribution in [-0.2, 0) is 7.05 Å². The Bertz CT molecular complexity index is 400. The molecule has 3 nitrogen and oxygen atoms in total. The van der Waals surface area contributed by atoms with Crippen LogP contribution in [0.4, 0.5) is 4.39 Å². The molecule has 1 aromatic rings. The van der Waals surface area contributed by atoms with Gasteiger partial charge in [-0.15, -0.1) is 0 Å². The largest absolute Gasteiger partial charge is 0.306 e. The van der Waals surface area contributed by atoms with E-state index < -0.39 is 0 Å². The van der Waals surface area contributed by atoms with Gasteiger partial charge in [0.05, 0.1) is 5.69 Å². The molecule has 2 aliphatic rings. The number of fused-ring (bicyclic) bond motifs is 1. The van der Waals surface area contributed by atoms with Crippen LogP contribution in [0.3, 0.4) is 0 Å². The van der Waals surface area contributed by atoms with E-state index in [0.29, 0.717) is 29.1 Å². The van der Waals surface area contributed by atoms with Crippen LogP contribution in [0.2, 0.25) is 0 Å². The van der Waals surface area contributed by atoms with Crippen molar-refractivity contribution >= 4 is 0 Å². The second-order valence-electron chi connectivity index (χ2n) is 4.98. The Hall–Kier alpha value is -0.900. The van der Waals surface area contributed by atoms with Crippen molar-refractivity contribution in [2.24, 2.45) is 18.9 Å². The highest BCUT2D eigenvalue weighted by Crippen LogP contribution is 2.57. The molecule has 1 saturated carbocycles. The molecule has 0 bridgehead atoms. The van der Waals surface area contributed by atoms with E-state index in [1.807, 2.05) is 7.05 Å². The molecule has 1 aromatic heterocycles. The van der Waals surface area contributed by atoms with E-state index >= 15 is 0 Å². The van der Waals surface area contributed by atoms with Crippen molar-refractivity contribution in [2.45, 2.75) is 12.8 Å². The molecule has 2 atom stereocenters. The molecule has 0 radical (unpaired) electrons. The second kappa shape index (κ2) is 2.82. The Kier molecular flexibility index (Phi) is 1.75. The molecule has 3 rings (SSSR count). The number of hydrogen-bond donors (Lipinski definition) is 0. The van der Waals surface area contributed by atoms with Gasteiger partial charge >= 0.3 is 0 Å². The summed E-state index contributed by atoms with van der Waals surface area (Å²) in [7, 11) is 3.94. The minimum Gasteiger partial charge on any atom is -0.306 e. The van der Waals surface area contributed by atoms with Crippen LogP contribution in [0.5, 0.6) is 0 Å². The summed E-state index contributed by atoms with van der Waals surface area (Å²) in [6.07, 6.45) is 0. The molecule has 2 heterocycles. The van der Waals surface area contributed by atoms with Gasteiger partial charge < -0.3 is 4.90 Å². The Morgan fingerprint density at radius 1 is 1.27 bits per heavy atom. The number of likely N-dealkylation sites (tertiary alicyclic amines) is 1. The molecule has 4 heteroatoms. The predicted molar refractivity (Wildman–Crippen MR) is 55.1 cm³/mol. The Morgan fingerprint density at radius 3 is 2.33 bits per heavy atom. The molecule has 0 N–H and O–H groups in total. The van der Waals surface area contributed by atoms with E-state index in [2.05, 4.69) is 17.0 Å². The van der Waals surface area contributed by atoms with Crippen molar-refractivity contribution < 1.29 is 4.39 Å². The number of rotatable bonds is 1. The molecule has 15 heavy (non-hydrogen) atoms. The summed E-state index contributed by atoms with van der Waals surface area (Å²) in [6.45, 7) is 3.99. The van der Waals surface area contributed by atoms with E-state index in [4.69, 9.17) is 0 Å². The average molecular weight is 209 g/mol. The molecule has 0 aromatic carbocycles. The standard InChI is InChI=1S/C11H16FN3/c1-6-10(12)11(13-15(6)3)9-7-4-14(2)5-8(7)9/h7-9H,4-5H2,1-3H3. The van der Waals surface area contributed by atoms with Gasteiger partial charge in [-0.2, -0.15) is 5.10 Å². The molecular formula is C11H16FN3. The molecule has 1 aliphatic carbocycles.